The molecule has 4 rings (SSSR count). The molecule has 0 heterocycles. The van der Waals surface area contributed by atoms with Crippen LogP contribution in [0, 0.1) is 24.0 Å². The van der Waals surface area contributed by atoms with Crippen molar-refractivity contribution in [2.24, 2.45) is 10.2 Å². The zero-order valence-corrected chi connectivity index (χ0v) is 22.7. The summed E-state index contributed by atoms with van der Waals surface area (Å²) >= 11 is 0. The van der Waals surface area contributed by atoms with E-state index in [-0.39, 0.29) is 16.3 Å². The van der Waals surface area contributed by atoms with E-state index >= 15 is 0 Å². The van der Waals surface area contributed by atoms with E-state index in [9.17, 15) is 26.9 Å². The zero-order chi connectivity index (χ0) is 29.1. The molecular weight excluding hydrogens is 560 g/mol. The van der Waals surface area contributed by atoms with Crippen molar-refractivity contribution in [3.8, 4) is 5.75 Å². The van der Waals surface area contributed by atoms with Gasteiger partial charge in [0.2, 0.25) is 0 Å². The molecule has 40 heavy (non-hydrogen) atoms. The maximum absolute atomic E-state index is 12.5. The van der Waals surface area contributed by atoms with Crippen LogP contribution in [0.3, 0.4) is 0 Å². The Hall–Kier alpha value is -4.66. The van der Waals surface area contributed by atoms with Gasteiger partial charge in [-0.05, 0) is 86.1 Å². The molecule has 4 aromatic rings. The summed E-state index contributed by atoms with van der Waals surface area (Å²) in [5.74, 6) is 0.131. The molecule has 0 saturated heterocycles. The monoisotopic (exact) mass is 582 g/mol. The van der Waals surface area contributed by atoms with Gasteiger partial charge in [-0.25, -0.2) is 0 Å². The first-order valence-corrected chi connectivity index (χ1v) is 14.3. The van der Waals surface area contributed by atoms with Gasteiger partial charge >= 0.3 is 10.1 Å². The lowest BCUT2D eigenvalue weighted by Gasteiger charge is -2.09. The predicted molar refractivity (Wildman–Crippen MR) is 147 cm³/mol. The van der Waals surface area contributed by atoms with Crippen LogP contribution >= 0.6 is 0 Å². The van der Waals surface area contributed by atoms with Crippen LogP contribution in [-0.4, -0.2) is 26.3 Å². The van der Waals surface area contributed by atoms with Crippen molar-refractivity contribution >= 4 is 48.7 Å². The van der Waals surface area contributed by atoms with E-state index in [1.165, 1.54) is 30.3 Å². The van der Waals surface area contributed by atoms with Crippen LogP contribution < -0.4 is 9.50 Å². The van der Waals surface area contributed by atoms with Crippen molar-refractivity contribution in [1.82, 2.24) is 0 Å². The van der Waals surface area contributed by atoms with Crippen LogP contribution in [0.4, 0.5) is 28.4 Å². The fraction of sp³-hybridized carbons (Fsp3) is 0.0769. The van der Waals surface area contributed by atoms with Gasteiger partial charge < -0.3 is 9.50 Å². The highest BCUT2D eigenvalue weighted by molar-refractivity contribution is 7.87. The van der Waals surface area contributed by atoms with Crippen molar-refractivity contribution in [3.05, 3.63) is 106 Å². The first-order valence-electron chi connectivity index (χ1n) is 11.5. The largest absolute Gasteiger partial charge is 0.379 e. The number of rotatable bonds is 9. The number of nitro benzene ring substituents is 1. The number of anilines is 2. The molecule has 12 nitrogen and oxygen atoms in total. The van der Waals surface area contributed by atoms with Crippen LogP contribution in [-0.2, 0) is 20.2 Å². The number of azo groups is 1. The van der Waals surface area contributed by atoms with Crippen LogP contribution in [0.15, 0.2) is 105 Å². The minimum atomic E-state index is -4.60. The van der Waals surface area contributed by atoms with Crippen molar-refractivity contribution in [1.29, 1.82) is 0 Å². The van der Waals surface area contributed by atoms with Crippen LogP contribution in [0.5, 0.6) is 5.75 Å². The Kier molecular flexibility index (Phi) is 7.95. The average Bonchev–Trinajstić information content (AvgIpc) is 2.88. The highest BCUT2D eigenvalue weighted by atomic mass is 32.2. The Morgan fingerprint density at radius 2 is 1.48 bits per heavy atom. The molecule has 0 unspecified atom stereocenters. The minimum Gasteiger partial charge on any atom is -0.379 e. The zero-order valence-electron chi connectivity index (χ0n) is 21.0. The van der Waals surface area contributed by atoms with E-state index in [2.05, 4.69) is 15.5 Å². The number of aryl methyl sites for hydroxylation is 2. The summed E-state index contributed by atoms with van der Waals surface area (Å²) in [6, 6.07) is 20.3. The number of nitro groups is 1. The lowest BCUT2D eigenvalue weighted by molar-refractivity contribution is -0.384. The molecule has 0 aromatic heterocycles. The second kappa shape index (κ2) is 11.2. The Labute approximate surface area is 230 Å². The molecule has 0 atom stereocenters. The quantitative estimate of drug-likeness (QED) is 0.0744. The maximum Gasteiger partial charge on any atom is 0.339 e. The fourth-order valence-electron chi connectivity index (χ4n) is 3.48. The average molecular weight is 583 g/mol. The second-order valence-corrected chi connectivity index (χ2v) is 11.5. The van der Waals surface area contributed by atoms with E-state index in [1.54, 1.807) is 49.4 Å². The molecule has 0 spiro atoms. The van der Waals surface area contributed by atoms with Crippen LogP contribution in [0.25, 0.3) is 0 Å². The number of hydrogen-bond donors (Lipinski definition) is 2. The first-order chi connectivity index (χ1) is 18.8. The third kappa shape index (κ3) is 6.85. The third-order valence-corrected chi connectivity index (χ3v) is 7.68. The number of hydrogen-bond acceptors (Lipinski definition) is 10. The SMILES string of the molecule is Cc1ccc(S(=O)(=O)Oc2ccc(/N=N/c3ccc(Nc4ccc(S(=O)(=O)O)cc4[N+](=O)[O-])cc3)c(C)c2)cc1. The normalized spacial score (nSPS) is 11.9. The number of nitrogens with one attached hydrogen (secondary N) is 1. The molecule has 0 fully saturated rings. The van der Waals surface area contributed by atoms with E-state index in [1.807, 2.05) is 6.92 Å². The third-order valence-electron chi connectivity index (χ3n) is 5.57. The van der Waals surface area contributed by atoms with Crippen LogP contribution in [0.1, 0.15) is 11.1 Å². The lowest BCUT2D eigenvalue weighted by Crippen LogP contribution is -2.09. The Morgan fingerprint density at radius 1 is 0.825 bits per heavy atom. The Bertz CT molecular complexity index is 1820. The molecule has 0 aliphatic rings. The first kappa shape index (κ1) is 28.4. The van der Waals surface area contributed by atoms with Gasteiger partial charge in [0, 0.05) is 11.8 Å². The summed E-state index contributed by atoms with van der Waals surface area (Å²) in [5.41, 5.74) is 2.43. The molecule has 2 N–H and O–H groups in total. The molecule has 0 saturated carbocycles. The van der Waals surface area contributed by atoms with Gasteiger partial charge in [0.05, 0.1) is 16.3 Å². The van der Waals surface area contributed by atoms with Crippen molar-refractivity contribution in [3.63, 3.8) is 0 Å². The number of benzene rings is 4. The minimum absolute atomic E-state index is 0.0223. The number of nitrogens with zero attached hydrogens (tertiary/aromatic N) is 3. The summed E-state index contributed by atoms with van der Waals surface area (Å²) in [6.07, 6.45) is 0. The van der Waals surface area contributed by atoms with Gasteiger partial charge in [-0.2, -0.15) is 27.1 Å². The highest BCUT2D eigenvalue weighted by Crippen LogP contribution is 2.32. The van der Waals surface area contributed by atoms with Gasteiger partial charge in [-0.15, -0.1) is 0 Å². The molecule has 4 aromatic carbocycles. The van der Waals surface area contributed by atoms with Gasteiger partial charge in [-0.3, -0.25) is 14.7 Å². The molecule has 0 bridgehead atoms. The molecule has 0 amide bonds. The molecular formula is C26H22N4O8S2. The van der Waals surface area contributed by atoms with Crippen LogP contribution in [0.2, 0.25) is 0 Å². The second-order valence-electron chi connectivity index (χ2n) is 8.58. The molecule has 0 aliphatic heterocycles. The summed E-state index contributed by atoms with van der Waals surface area (Å²) in [6.45, 7) is 3.58. The predicted octanol–water partition coefficient (Wildman–Crippen LogP) is 6.39. The van der Waals surface area contributed by atoms with Crippen molar-refractivity contribution in [2.75, 3.05) is 5.32 Å². The summed E-state index contributed by atoms with van der Waals surface area (Å²) < 4.78 is 62.0. The topological polar surface area (TPSA) is 178 Å². The van der Waals surface area contributed by atoms with E-state index in [4.69, 9.17) is 8.74 Å². The lowest BCUT2D eigenvalue weighted by atomic mass is 10.2. The van der Waals surface area contributed by atoms with Gasteiger partial charge in [0.15, 0.2) is 0 Å². The maximum atomic E-state index is 12.5. The molecule has 0 radical (unpaired) electrons. The van der Waals surface area contributed by atoms with E-state index in [0.717, 1.165) is 17.7 Å². The summed E-state index contributed by atoms with van der Waals surface area (Å²) in [5, 5.41) is 22.6. The molecule has 14 heteroatoms. The fourth-order valence-corrected chi connectivity index (χ4v) is 4.90. The standard InChI is InChI=1S/C26H22N4O8S2/c1-17-3-10-22(11-4-17)40(36,37)38-21-9-13-24(18(2)15-21)29-28-20-7-5-19(6-8-20)27-25-14-12-23(39(33,34)35)16-26(25)30(31)32/h3-16,27H,1-2H3,(H,33,34,35)/b29-28+. The van der Waals surface area contributed by atoms with Gasteiger partial charge in [0.25, 0.3) is 15.8 Å². The Balaban J connectivity index is 1.46. The highest BCUT2D eigenvalue weighted by Gasteiger charge is 2.20. The van der Waals surface area contributed by atoms with Gasteiger partial charge in [0.1, 0.15) is 21.2 Å². The summed E-state index contributed by atoms with van der Waals surface area (Å²) in [7, 11) is -8.59. The van der Waals surface area contributed by atoms with Gasteiger partial charge in [-0.1, -0.05) is 17.7 Å². The van der Waals surface area contributed by atoms with Crippen molar-refractivity contribution in [2.45, 2.75) is 23.6 Å². The smallest absolute Gasteiger partial charge is 0.339 e. The van der Waals surface area contributed by atoms with E-state index < -0.39 is 35.7 Å². The van der Waals surface area contributed by atoms with Crippen molar-refractivity contribution < 1.29 is 30.5 Å². The summed E-state index contributed by atoms with van der Waals surface area (Å²) in [4.78, 5) is 10.1. The Morgan fingerprint density at radius 3 is 2.08 bits per heavy atom. The molecule has 0 aliphatic carbocycles. The molecule has 206 valence electrons. The van der Waals surface area contributed by atoms with E-state index in [0.29, 0.717) is 22.6 Å².